The van der Waals surface area contributed by atoms with Crippen LogP contribution in [0.1, 0.15) is 36.5 Å². The number of nitrogens with one attached hydrogen (secondary N) is 2. The first-order valence-corrected chi connectivity index (χ1v) is 9.41. The standard InChI is InChI=1S/C22H25F3N2O/c1-15(2)17-6-7-21-20(11-17)18(13-27-21)8-9-26-12-16-4-3-5-19(10-16)28-14-22(23,24)25/h3-7,10-11,13,15,26-27H,8-9,12,14H2,1-2H3. The number of benzene rings is 2. The van der Waals surface area contributed by atoms with E-state index in [9.17, 15) is 13.2 Å². The van der Waals surface area contributed by atoms with Gasteiger partial charge in [-0.2, -0.15) is 13.2 Å². The fourth-order valence-corrected chi connectivity index (χ4v) is 3.13. The summed E-state index contributed by atoms with van der Waals surface area (Å²) in [6, 6.07) is 13.3. The highest BCUT2D eigenvalue weighted by atomic mass is 19.4. The van der Waals surface area contributed by atoms with Crippen molar-refractivity contribution in [1.29, 1.82) is 0 Å². The van der Waals surface area contributed by atoms with Crippen LogP contribution in [0.5, 0.6) is 5.75 Å². The maximum atomic E-state index is 12.3. The van der Waals surface area contributed by atoms with E-state index in [1.54, 1.807) is 12.1 Å². The number of hydrogen-bond donors (Lipinski definition) is 2. The minimum absolute atomic E-state index is 0.231. The van der Waals surface area contributed by atoms with Crippen LogP contribution in [0.3, 0.4) is 0 Å². The molecule has 3 nitrogen and oxygen atoms in total. The lowest BCUT2D eigenvalue weighted by molar-refractivity contribution is -0.153. The van der Waals surface area contributed by atoms with Crippen molar-refractivity contribution in [3.05, 3.63) is 65.4 Å². The summed E-state index contributed by atoms with van der Waals surface area (Å²) in [6.07, 6.45) is -1.42. The maximum Gasteiger partial charge on any atom is 0.422 e. The van der Waals surface area contributed by atoms with Crippen LogP contribution in [0.2, 0.25) is 0 Å². The molecule has 0 fully saturated rings. The third-order valence-electron chi connectivity index (χ3n) is 4.66. The lowest BCUT2D eigenvalue weighted by atomic mass is 10.00. The fraction of sp³-hybridized carbons (Fsp3) is 0.364. The Bertz CT molecular complexity index is 916. The molecule has 2 N–H and O–H groups in total. The van der Waals surface area contributed by atoms with Crippen molar-refractivity contribution in [2.45, 2.75) is 38.9 Å². The van der Waals surface area contributed by atoms with Crippen LogP contribution in [0, 0.1) is 0 Å². The molecule has 3 rings (SSSR count). The number of ether oxygens (including phenoxy) is 1. The molecule has 0 aliphatic heterocycles. The number of aromatic nitrogens is 1. The second-order valence-electron chi connectivity index (χ2n) is 7.25. The molecule has 0 aliphatic rings. The highest BCUT2D eigenvalue weighted by Gasteiger charge is 2.28. The van der Waals surface area contributed by atoms with Gasteiger partial charge in [0, 0.05) is 23.6 Å². The molecule has 0 atom stereocenters. The van der Waals surface area contributed by atoms with Gasteiger partial charge < -0.3 is 15.0 Å². The van der Waals surface area contributed by atoms with Gasteiger partial charge in [-0.15, -0.1) is 0 Å². The topological polar surface area (TPSA) is 37.0 Å². The third kappa shape index (κ3) is 5.52. The quantitative estimate of drug-likeness (QED) is 0.494. The zero-order chi connectivity index (χ0) is 20.1. The van der Waals surface area contributed by atoms with Crippen molar-refractivity contribution in [2.24, 2.45) is 0 Å². The summed E-state index contributed by atoms with van der Waals surface area (Å²) in [5.74, 6) is 0.714. The Hall–Kier alpha value is -2.47. The number of hydrogen-bond acceptors (Lipinski definition) is 2. The number of H-pyrrole nitrogens is 1. The van der Waals surface area contributed by atoms with E-state index in [0.29, 0.717) is 12.5 Å². The summed E-state index contributed by atoms with van der Waals surface area (Å²) >= 11 is 0. The van der Waals surface area contributed by atoms with Gasteiger partial charge in [0.25, 0.3) is 0 Å². The van der Waals surface area contributed by atoms with Gasteiger partial charge >= 0.3 is 6.18 Å². The Kier molecular flexibility index (Phi) is 6.29. The molecular weight excluding hydrogens is 365 g/mol. The second kappa shape index (κ2) is 8.69. The van der Waals surface area contributed by atoms with Gasteiger partial charge in [-0.1, -0.05) is 32.0 Å². The van der Waals surface area contributed by atoms with Gasteiger partial charge in [-0.05, 0) is 59.8 Å². The number of rotatable bonds is 8. The zero-order valence-electron chi connectivity index (χ0n) is 16.1. The molecule has 0 unspecified atom stereocenters. The van der Waals surface area contributed by atoms with Crippen molar-refractivity contribution >= 4 is 10.9 Å². The Labute approximate surface area is 162 Å². The van der Waals surface area contributed by atoms with Crippen LogP contribution in [-0.4, -0.2) is 24.3 Å². The summed E-state index contributed by atoms with van der Waals surface area (Å²) in [5, 5.41) is 4.60. The van der Waals surface area contributed by atoms with Crippen molar-refractivity contribution in [2.75, 3.05) is 13.2 Å². The number of halogens is 3. The molecule has 28 heavy (non-hydrogen) atoms. The summed E-state index contributed by atoms with van der Waals surface area (Å²) in [5.41, 5.74) is 4.60. The van der Waals surface area contributed by atoms with E-state index in [1.165, 1.54) is 22.6 Å². The highest BCUT2D eigenvalue weighted by Crippen LogP contribution is 2.24. The van der Waals surface area contributed by atoms with Crippen LogP contribution in [0.4, 0.5) is 13.2 Å². The summed E-state index contributed by atoms with van der Waals surface area (Å²) in [6.45, 7) is 4.43. The summed E-state index contributed by atoms with van der Waals surface area (Å²) in [7, 11) is 0. The number of fused-ring (bicyclic) bond motifs is 1. The van der Waals surface area contributed by atoms with Crippen LogP contribution in [0.25, 0.3) is 10.9 Å². The smallest absolute Gasteiger partial charge is 0.422 e. The molecule has 1 heterocycles. The van der Waals surface area contributed by atoms with E-state index in [0.717, 1.165) is 24.0 Å². The van der Waals surface area contributed by atoms with E-state index in [1.807, 2.05) is 12.3 Å². The molecule has 0 saturated carbocycles. The van der Waals surface area contributed by atoms with Gasteiger partial charge in [-0.25, -0.2) is 0 Å². The van der Waals surface area contributed by atoms with Gasteiger partial charge in [0.05, 0.1) is 0 Å². The van der Waals surface area contributed by atoms with E-state index in [2.05, 4.69) is 42.3 Å². The van der Waals surface area contributed by atoms with Crippen molar-refractivity contribution < 1.29 is 17.9 Å². The SMILES string of the molecule is CC(C)c1ccc2[nH]cc(CCNCc3cccc(OCC(F)(F)F)c3)c2c1. The van der Waals surface area contributed by atoms with E-state index < -0.39 is 12.8 Å². The molecule has 1 aromatic heterocycles. The maximum absolute atomic E-state index is 12.3. The largest absolute Gasteiger partial charge is 0.484 e. The predicted molar refractivity (Wildman–Crippen MR) is 106 cm³/mol. The Morgan fingerprint density at radius 1 is 1.11 bits per heavy atom. The molecule has 0 amide bonds. The highest BCUT2D eigenvalue weighted by molar-refractivity contribution is 5.84. The monoisotopic (exact) mass is 390 g/mol. The molecule has 0 bridgehead atoms. The first-order valence-electron chi connectivity index (χ1n) is 9.41. The van der Waals surface area contributed by atoms with E-state index >= 15 is 0 Å². The van der Waals surface area contributed by atoms with Crippen LogP contribution >= 0.6 is 0 Å². The molecule has 0 spiro atoms. The molecule has 2 aromatic carbocycles. The van der Waals surface area contributed by atoms with Crippen LogP contribution in [0.15, 0.2) is 48.7 Å². The zero-order valence-corrected chi connectivity index (χ0v) is 16.1. The minimum atomic E-state index is -4.33. The first-order chi connectivity index (χ1) is 13.3. The Balaban J connectivity index is 1.53. The molecule has 0 radical (unpaired) electrons. The Morgan fingerprint density at radius 2 is 1.93 bits per heavy atom. The molecule has 3 aromatic rings. The molecular formula is C22H25F3N2O. The van der Waals surface area contributed by atoms with Crippen LogP contribution in [-0.2, 0) is 13.0 Å². The van der Waals surface area contributed by atoms with E-state index in [-0.39, 0.29) is 5.75 Å². The van der Waals surface area contributed by atoms with Crippen molar-refractivity contribution in [1.82, 2.24) is 10.3 Å². The average molecular weight is 390 g/mol. The lowest BCUT2D eigenvalue weighted by Gasteiger charge is -2.11. The summed E-state index contributed by atoms with van der Waals surface area (Å²) < 4.78 is 41.6. The summed E-state index contributed by atoms with van der Waals surface area (Å²) in [4.78, 5) is 3.31. The molecule has 0 saturated heterocycles. The minimum Gasteiger partial charge on any atom is -0.484 e. The molecule has 150 valence electrons. The molecule has 0 aliphatic carbocycles. The van der Waals surface area contributed by atoms with Gasteiger partial charge in [0.2, 0.25) is 0 Å². The Morgan fingerprint density at radius 3 is 2.68 bits per heavy atom. The second-order valence-corrected chi connectivity index (χ2v) is 7.25. The number of aromatic amines is 1. The van der Waals surface area contributed by atoms with Gasteiger partial charge in [-0.3, -0.25) is 0 Å². The van der Waals surface area contributed by atoms with Crippen molar-refractivity contribution in [3.8, 4) is 5.75 Å². The van der Waals surface area contributed by atoms with Crippen LogP contribution < -0.4 is 10.1 Å². The predicted octanol–water partition coefficient (Wildman–Crippen LogP) is 5.56. The van der Waals surface area contributed by atoms with E-state index in [4.69, 9.17) is 4.74 Å². The normalized spacial score (nSPS) is 12.1. The first kappa shape index (κ1) is 20.3. The van der Waals surface area contributed by atoms with Gasteiger partial charge in [0.1, 0.15) is 5.75 Å². The average Bonchev–Trinajstić information content (AvgIpc) is 3.05. The molecule has 6 heteroatoms. The van der Waals surface area contributed by atoms with Gasteiger partial charge in [0.15, 0.2) is 6.61 Å². The van der Waals surface area contributed by atoms with Crippen molar-refractivity contribution in [3.63, 3.8) is 0 Å². The fourth-order valence-electron chi connectivity index (χ4n) is 3.13. The lowest BCUT2D eigenvalue weighted by Crippen LogP contribution is -2.19. The third-order valence-corrected chi connectivity index (χ3v) is 4.66. The number of alkyl halides is 3.